The first-order chi connectivity index (χ1) is 16.4. The molecule has 1 N–H and O–H groups in total. The van der Waals surface area contributed by atoms with E-state index in [0.29, 0.717) is 24.3 Å². The van der Waals surface area contributed by atoms with Crippen LogP contribution in [0.15, 0.2) is 83.8 Å². The monoisotopic (exact) mass is 474 g/mol. The number of nitrogens with one attached hydrogen (secondary N) is 1. The lowest BCUT2D eigenvalue weighted by Crippen LogP contribution is -2.35. The second-order valence-electron chi connectivity index (χ2n) is 8.26. The highest BCUT2D eigenvalue weighted by molar-refractivity contribution is 7.92. The minimum absolute atomic E-state index is 0.0248. The first-order valence-corrected chi connectivity index (χ1v) is 12.5. The highest BCUT2D eigenvalue weighted by Crippen LogP contribution is 2.32. The molecule has 1 amide bonds. The lowest BCUT2D eigenvalue weighted by atomic mass is 10.1. The third-order valence-electron chi connectivity index (χ3n) is 5.83. The first-order valence-electron chi connectivity index (χ1n) is 11.1. The van der Waals surface area contributed by atoms with E-state index in [2.05, 4.69) is 16.3 Å². The largest absolute Gasteiger partial charge is 0.368 e. The van der Waals surface area contributed by atoms with Gasteiger partial charge < -0.3 is 10.2 Å². The van der Waals surface area contributed by atoms with Gasteiger partial charge in [0.25, 0.3) is 10.0 Å². The van der Waals surface area contributed by atoms with E-state index in [0.717, 1.165) is 17.7 Å². The highest BCUT2D eigenvalue weighted by atomic mass is 32.2. The molecule has 174 valence electrons. The van der Waals surface area contributed by atoms with Crippen LogP contribution in [0, 0.1) is 11.3 Å². The second kappa shape index (κ2) is 9.98. The molecule has 0 aliphatic carbocycles. The Balaban J connectivity index is 1.71. The van der Waals surface area contributed by atoms with Crippen molar-refractivity contribution in [1.29, 1.82) is 5.26 Å². The number of anilines is 2. The molecule has 3 aromatic rings. The van der Waals surface area contributed by atoms with Gasteiger partial charge in [-0.05, 0) is 42.3 Å². The number of carbonyl (C=O) groups is 1. The molecule has 1 aliphatic heterocycles. The number of nitrogens with zero attached hydrogens (tertiary/aromatic N) is 3. The molecule has 3 aromatic carbocycles. The molecule has 1 atom stereocenters. The van der Waals surface area contributed by atoms with Gasteiger partial charge in [0.15, 0.2) is 0 Å². The van der Waals surface area contributed by atoms with Gasteiger partial charge in [-0.1, -0.05) is 48.5 Å². The molecule has 1 saturated heterocycles. The Labute approximate surface area is 200 Å². The number of benzene rings is 3. The van der Waals surface area contributed by atoms with Gasteiger partial charge in [-0.2, -0.15) is 5.26 Å². The SMILES string of the molecule is CC(=O)NC1CCN(c2ccc(N(Cc3ccccc3)S(=O)(=O)c3ccccc3)cc2C#N)C1. The van der Waals surface area contributed by atoms with Gasteiger partial charge in [0, 0.05) is 26.1 Å². The van der Waals surface area contributed by atoms with Crippen molar-refractivity contribution in [3.8, 4) is 6.07 Å². The van der Waals surface area contributed by atoms with Crippen LogP contribution in [-0.2, 0) is 21.4 Å². The van der Waals surface area contributed by atoms with Crippen molar-refractivity contribution < 1.29 is 13.2 Å². The van der Waals surface area contributed by atoms with Gasteiger partial charge in [-0.3, -0.25) is 9.10 Å². The van der Waals surface area contributed by atoms with Crippen molar-refractivity contribution >= 4 is 27.3 Å². The molecule has 0 bridgehead atoms. The molecule has 1 heterocycles. The maximum absolute atomic E-state index is 13.6. The third-order valence-corrected chi connectivity index (χ3v) is 7.61. The smallest absolute Gasteiger partial charge is 0.264 e. The fourth-order valence-corrected chi connectivity index (χ4v) is 5.68. The third kappa shape index (κ3) is 5.05. The van der Waals surface area contributed by atoms with Crippen molar-refractivity contribution in [1.82, 2.24) is 5.32 Å². The molecular formula is C26H26N4O3S. The Bertz CT molecular complexity index is 1300. The standard InChI is InChI=1S/C26H26N4O3S/c1-20(31)28-23-14-15-29(19-23)26-13-12-24(16-22(26)17-27)30(18-21-8-4-2-5-9-21)34(32,33)25-10-6-3-7-11-25/h2-13,16,23H,14-15,18-19H2,1H3,(H,28,31). The van der Waals surface area contributed by atoms with Crippen molar-refractivity contribution in [2.45, 2.75) is 30.8 Å². The summed E-state index contributed by atoms with van der Waals surface area (Å²) in [7, 11) is -3.87. The van der Waals surface area contributed by atoms with Gasteiger partial charge in [0.1, 0.15) is 6.07 Å². The average Bonchev–Trinajstić information content (AvgIpc) is 3.30. The van der Waals surface area contributed by atoms with Crippen molar-refractivity contribution in [2.75, 3.05) is 22.3 Å². The number of amides is 1. The van der Waals surface area contributed by atoms with E-state index in [4.69, 9.17) is 0 Å². The Kier molecular flexibility index (Phi) is 6.85. The summed E-state index contributed by atoms with van der Waals surface area (Å²) >= 11 is 0. The summed E-state index contributed by atoms with van der Waals surface area (Å²) in [5.74, 6) is -0.0784. The van der Waals surface area contributed by atoms with Gasteiger partial charge in [0.2, 0.25) is 5.91 Å². The van der Waals surface area contributed by atoms with Crippen molar-refractivity contribution in [3.63, 3.8) is 0 Å². The summed E-state index contributed by atoms with van der Waals surface area (Å²) in [4.78, 5) is 13.6. The molecule has 4 rings (SSSR count). The summed E-state index contributed by atoms with van der Waals surface area (Å²) in [5, 5.41) is 12.8. The normalized spacial score (nSPS) is 15.5. The van der Waals surface area contributed by atoms with Crippen molar-refractivity contribution in [3.05, 3.63) is 90.0 Å². The molecule has 34 heavy (non-hydrogen) atoms. The van der Waals surface area contributed by atoms with Crippen LogP contribution >= 0.6 is 0 Å². The number of hydrogen-bond acceptors (Lipinski definition) is 5. The van der Waals surface area contributed by atoms with Crippen LogP contribution in [0.4, 0.5) is 11.4 Å². The fraction of sp³-hybridized carbons (Fsp3) is 0.231. The number of hydrogen-bond donors (Lipinski definition) is 1. The lowest BCUT2D eigenvalue weighted by molar-refractivity contribution is -0.119. The molecule has 7 nitrogen and oxygen atoms in total. The zero-order chi connectivity index (χ0) is 24.1. The minimum Gasteiger partial charge on any atom is -0.368 e. The Morgan fingerprint density at radius 1 is 1.09 bits per heavy atom. The van der Waals surface area contributed by atoms with E-state index in [1.54, 1.807) is 48.5 Å². The van der Waals surface area contributed by atoms with Crippen LogP contribution in [0.2, 0.25) is 0 Å². The van der Waals surface area contributed by atoms with Crippen LogP contribution in [-0.4, -0.2) is 33.5 Å². The molecule has 1 aliphatic rings. The average molecular weight is 475 g/mol. The summed E-state index contributed by atoms with van der Waals surface area (Å²) in [6.45, 7) is 2.93. The molecule has 1 fully saturated rings. The molecule has 1 unspecified atom stereocenters. The number of sulfonamides is 1. The van der Waals surface area contributed by atoms with E-state index in [-0.39, 0.29) is 23.4 Å². The molecule has 0 radical (unpaired) electrons. The molecule has 0 aromatic heterocycles. The predicted octanol–water partition coefficient (Wildman–Crippen LogP) is 3.67. The van der Waals surface area contributed by atoms with Crippen LogP contribution in [0.25, 0.3) is 0 Å². The Morgan fingerprint density at radius 3 is 2.41 bits per heavy atom. The quantitative estimate of drug-likeness (QED) is 0.564. The molecule has 0 saturated carbocycles. The van der Waals surface area contributed by atoms with E-state index >= 15 is 0 Å². The highest BCUT2D eigenvalue weighted by Gasteiger charge is 2.28. The van der Waals surface area contributed by atoms with Gasteiger partial charge in [-0.15, -0.1) is 0 Å². The maximum Gasteiger partial charge on any atom is 0.264 e. The summed E-state index contributed by atoms with van der Waals surface area (Å²) in [6, 6.07) is 25.1. The second-order valence-corrected chi connectivity index (χ2v) is 10.1. The lowest BCUT2D eigenvalue weighted by Gasteiger charge is -2.27. The van der Waals surface area contributed by atoms with E-state index < -0.39 is 10.0 Å². The number of carbonyl (C=O) groups excluding carboxylic acids is 1. The topological polar surface area (TPSA) is 93.5 Å². The van der Waals surface area contributed by atoms with Crippen LogP contribution in [0.3, 0.4) is 0 Å². The zero-order valence-corrected chi connectivity index (χ0v) is 19.7. The minimum atomic E-state index is -3.87. The van der Waals surface area contributed by atoms with Gasteiger partial charge in [0.05, 0.1) is 28.4 Å². The van der Waals surface area contributed by atoms with Gasteiger partial charge in [-0.25, -0.2) is 8.42 Å². The number of rotatable bonds is 7. The summed E-state index contributed by atoms with van der Waals surface area (Å²) in [5.41, 5.74) is 2.38. The first kappa shape index (κ1) is 23.3. The van der Waals surface area contributed by atoms with E-state index in [1.165, 1.54) is 11.2 Å². The fourth-order valence-electron chi connectivity index (χ4n) is 4.21. The molecule has 0 spiro atoms. The number of nitriles is 1. The van der Waals surface area contributed by atoms with E-state index in [9.17, 15) is 18.5 Å². The van der Waals surface area contributed by atoms with Crippen LogP contribution in [0.1, 0.15) is 24.5 Å². The summed E-state index contributed by atoms with van der Waals surface area (Å²) < 4.78 is 28.6. The molecular weight excluding hydrogens is 448 g/mol. The molecule has 8 heteroatoms. The summed E-state index contributed by atoms with van der Waals surface area (Å²) in [6.07, 6.45) is 0.786. The zero-order valence-electron chi connectivity index (χ0n) is 18.9. The van der Waals surface area contributed by atoms with Crippen LogP contribution in [0.5, 0.6) is 0 Å². The van der Waals surface area contributed by atoms with Crippen molar-refractivity contribution in [2.24, 2.45) is 0 Å². The Hall–Kier alpha value is -3.83. The van der Waals surface area contributed by atoms with E-state index in [1.807, 2.05) is 30.3 Å². The van der Waals surface area contributed by atoms with Crippen LogP contribution < -0.4 is 14.5 Å². The van der Waals surface area contributed by atoms with Gasteiger partial charge >= 0.3 is 0 Å². The predicted molar refractivity (Wildman–Crippen MR) is 132 cm³/mol. The Morgan fingerprint density at radius 2 is 1.76 bits per heavy atom. The maximum atomic E-state index is 13.6.